The second-order valence-electron chi connectivity index (χ2n) is 6.09. The van der Waals surface area contributed by atoms with E-state index in [9.17, 15) is 13.2 Å². The van der Waals surface area contributed by atoms with E-state index < -0.39 is 10.0 Å². The number of carbonyl (C=O) groups is 1. The van der Waals surface area contributed by atoms with Crippen LogP contribution in [0.2, 0.25) is 0 Å². The van der Waals surface area contributed by atoms with E-state index in [0.29, 0.717) is 31.1 Å². The predicted molar refractivity (Wildman–Crippen MR) is 87.4 cm³/mol. The largest absolute Gasteiger partial charge is 0.340 e. The number of piperazine rings is 1. The molecular weight excluding hydrogens is 314 g/mol. The van der Waals surface area contributed by atoms with Gasteiger partial charge in [0.15, 0.2) is 0 Å². The number of nitrogens with zero attached hydrogens (tertiary/aromatic N) is 2. The van der Waals surface area contributed by atoms with Crippen LogP contribution in [-0.4, -0.2) is 62.8 Å². The van der Waals surface area contributed by atoms with Gasteiger partial charge in [-0.25, -0.2) is 8.42 Å². The lowest BCUT2D eigenvalue weighted by atomic mass is 9.98. The first-order valence-corrected chi connectivity index (χ1v) is 9.58. The first kappa shape index (κ1) is 16.4. The Morgan fingerprint density at radius 2 is 1.78 bits per heavy atom. The van der Waals surface area contributed by atoms with Crippen LogP contribution in [0.4, 0.5) is 0 Å². The lowest BCUT2D eigenvalue weighted by molar-refractivity contribution is -0.137. The minimum atomic E-state index is -3.45. The van der Waals surface area contributed by atoms with Crippen molar-refractivity contribution in [3.63, 3.8) is 0 Å². The van der Waals surface area contributed by atoms with E-state index in [-0.39, 0.29) is 11.8 Å². The monoisotopic (exact) mass is 337 g/mol. The average Bonchev–Trinajstić information content (AvgIpc) is 2.63. The third-order valence-electron chi connectivity index (χ3n) is 4.58. The Kier molecular flexibility index (Phi) is 4.99. The number of benzene rings is 1. The van der Waals surface area contributed by atoms with E-state index in [1.165, 1.54) is 4.31 Å². The van der Waals surface area contributed by atoms with Gasteiger partial charge in [-0.3, -0.25) is 4.79 Å². The van der Waals surface area contributed by atoms with Crippen LogP contribution in [0.3, 0.4) is 0 Å². The van der Waals surface area contributed by atoms with Gasteiger partial charge in [0.05, 0.1) is 10.8 Å². The molecule has 7 heteroatoms. The molecule has 1 atom stereocenters. The second-order valence-corrected chi connectivity index (χ2v) is 8.02. The number of sulfonamides is 1. The number of nitrogens with one attached hydrogen (secondary N) is 1. The quantitative estimate of drug-likeness (QED) is 0.873. The number of hydrogen-bond donors (Lipinski definition) is 1. The van der Waals surface area contributed by atoms with Gasteiger partial charge in [0.1, 0.15) is 0 Å². The van der Waals surface area contributed by atoms with Crippen molar-refractivity contribution in [2.24, 2.45) is 5.92 Å². The minimum absolute atomic E-state index is 0.0426. The number of carbonyl (C=O) groups excluding carboxylic acids is 1. The molecule has 6 nitrogen and oxygen atoms in total. The van der Waals surface area contributed by atoms with Crippen molar-refractivity contribution in [3.05, 3.63) is 30.3 Å². The van der Waals surface area contributed by atoms with Crippen LogP contribution < -0.4 is 5.32 Å². The van der Waals surface area contributed by atoms with Gasteiger partial charge in [0.2, 0.25) is 15.9 Å². The van der Waals surface area contributed by atoms with Gasteiger partial charge in [-0.1, -0.05) is 18.2 Å². The van der Waals surface area contributed by atoms with Crippen LogP contribution in [0.25, 0.3) is 0 Å². The van der Waals surface area contributed by atoms with Crippen LogP contribution >= 0.6 is 0 Å². The predicted octanol–water partition coefficient (Wildman–Crippen LogP) is 0.519. The van der Waals surface area contributed by atoms with E-state index >= 15 is 0 Å². The Morgan fingerprint density at radius 3 is 2.39 bits per heavy atom. The Bertz CT molecular complexity index is 634. The molecule has 1 aromatic carbocycles. The third-order valence-corrected chi connectivity index (χ3v) is 6.49. The molecule has 2 fully saturated rings. The molecule has 0 spiro atoms. The van der Waals surface area contributed by atoms with Crippen molar-refractivity contribution in [1.29, 1.82) is 0 Å². The van der Waals surface area contributed by atoms with E-state index in [2.05, 4.69) is 5.32 Å². The molecule has 0 radical (unpaired) electrons. The van der Waals surface area contributed by atoms with Crippen LogP contribution in [0.5, 0.6) is 0 Å². The Labute approximate surface area is 137 Å². The average molecular weight is 337 g/mol. The molecule has 0 saturated carbocycles. The van der Waals surface area contributed by atoms with Gasteiger partial charge >= 0.3 is 0 Å². The van der Waals surface area contributed by atoms with Crippen LogP contribution in [0, 0.1) is 5.92 Å². The zero-order chi connectivity index (χ0) is 16.3. The molecule has 3 rings (SSSR count). The summed E-state index contributed by atoms with van der Waals surface area (Å²) in [6.07, 6.45) is 1.95. The lowest BCUT2D eigenvalue weighted by Gasteiger charge is -2.36. The molecule has 1 unspecified atom stereocenters. The molecule has 2 saturated heterocycles. The molecule has 0 bridgehead atoms. The molecule has 2 heterocycles. The minimum Gasteiger partial charge on any atom is -0.340 e. The Hall–Kier alpha value is -1.44. The molecule has 1 N–H and O–H groups in total. The van der Waals surface area contributed by atoms with E-state index in [1.807, 2.05) is 4.90 Å². The zero-order valence-corrected chi connectivity index (χ0v) is 14.0. The summed E-state index contributed by atoms with van der Waals surface area (Å²) < 4.78 is 26.6. The van der Waals surface area contributed by atoms with Gasteiger partial charge in [-0.05, 0) is 31.5 Å². The van der Waals surface area contributed by atoms with Gasteiger partial charge < -0.3 is 10.2 Å². The molecule has 2 aliphatic heterocycles. The highest BCUT2D eigenvalue weighted by atomic mass is 32.2. The summed E-state index contributed by atoms with van der Waals surface area (Å²) in [7, 11) is -3.45. The number of rotatable bonds is 3. The topological polar surface area (TPSA) is 69.7 Å². The lowest BCUT2D eigenvalue weighted by Crippen LogP contribution is -2.53. The van der Waals surface area contributed by atoms with E-state index in [4.69, 9.17) is 0 Å². The van der Waals surface area contributed by atoms with E-state index in [0.717, 1.165) is 25.9 Å². The summed E-state index contributed by atoms with van der Waals surface area (Å²) in [5.41, 5.74) is 0. The van der Waals surface area contributed by atoms with Crippen molar-refractivity contribution < 1.29 is 13.2 Å². The highest BCUT2D eigenvalue weighted by Gasteiger charge is 2.32. The molecule has 0 aliphatic carbocycles. The highest BCUT2D eigenvalue weighted by Crippen LogP contribution is 2.19. The second kappa shape index (κ2) is 6.98. The maximum absolute atomic E-state index is 12.6. The smallest absolute Gasteiger partial charge is 0.243 e. The van der Waals surface area contributed by atoms with Gasteiger partial charge in [-0.15, -0.1) is 0 Å². The standard InChI is InChI=1S/C16H23N3O3S/c20-16(14-5-4-8-17-13-14)18-9-11-19(12-10-18)23(21,22)15-6-2-1-3-7-15/h1-3,6-7,14,17H,4-5,8-13H2. The fourth-order valence-corrected chi connectivity index (χ4v) is 4.65. The molecule has 23 heavy (non-hydrogen) atoms. The fourth-order valence-electron chi connectivity index (χ4n) is 3.21. The highest BCUT2D eigenvalue weighted by molar-refractivity contribution is 7.89. The molecule has 2 aliphatic rings. The molecule has 126 valence electrons. The third kappa shape index (κ3) is 3.57. The Morgan fingerprint density at radius 1 is 1.09 bits per heavy atom. The van der Waals surface area contributed by atoms with Crippen molar-refractivity contribution in [2.45, 2.75) is 17.7 Å². The van der Waals surface area contributed by atoms with Crippen molar-refractivity contribution in [3.8, 4) is 0 Å². The summed E-state index contributed by atoms with van der Waals surface area (Å²) in [6, 6.07) is 8.47. The maximum atomic E-state index is 12.6. The summed E-state index contributed by atoms with van der Waals surface area (Å²) in [5, 5.41) is 3.26. The van der Waals surface area contributed by atoms with Crippen molar-refractivity contribution in [2.75, 3.05) is 39.3 Å². The van der Waals surface area contributed by atoms with Crippen LogP contribution in [0.1, 0.15) is 12.8 Å². The molecular formula is C16H23N3O3S. The van der Waals surface area contributed by atoms with Gasteiger partial charge in [0.25, 0.3) is 0 Å². The first-order chi connectivity index (χ1) is 11.1. The SMILES string of the molecule is O=C(C1CCCNC1)N1CCN(S(=O)(=O)c2ccccc2)CC1. The molecule has 0 aromatic heterocycles. The summed E-state index contributed by atoms with van der Waals surface area (Å²) >= 11 is 0. The normalized spacial score (nSPS) is 23.7. The number of amides is 1. The summed E-state index contributed by atoms with van der Waals surface area (Å²) in [4.78, 5) is 14.6. The summed E-state index contributed by atoms with van der Waals surface area (Å²) in [6.45, 7) is 3.39. The van der Waals surface area contributed by atoms with Gasteiger partial charge in [-0.2, -0.15) is 4.31 Å². The van der Waals surface area contributed by atoms with E-state index in [1.54, 1.807) is 30.3 Å². The van der Waals surface area contributed by atoms with Crippen molar-refractivity contribution in [1.82, 2.24) is 14.5 Å². The van der Waals surface area contributed by atoms with Crippen LogP contribution in [-0.2, 0) is 14.8 Å². The summed E-state index contributed by atoms with van der Waals surface area (Å²) in [5.74, 6) is 0.204. The Balaban J connectivity index is 1.61. The van der Waals surface area contributed by atoms with Crippen molar-refractivity contribution >= 4 is 15.9 Å². The van der Waals surface area contributed by atoms with Crippen LogP contribution in [0.15, 0.2) is 35.2 Å². The maximum Gasteiger partial charge on any atom is 0.243 e. The number of piperidine rings is 1. The van der Waals surface area contributed by atoms with Gasteiger partial charge in [0, 0.05) is 32.7 Å². The fraction of sp³-hybridized carbons (Fsp3) is 0.562. The zero-order valence-electron chi connectivity index (χ0n) is 13.1. The number of hydrogen-bond acceptors (Lipinski definition) is 4. The molecule has 1 aromatic rings. The molecule has 1 amide bonds. The first-order valence-electron chi connectivity index (χ1n) is 8.14.